The van der Waals surface area contributed by atoms with Gasteiger partial charge in [0, 0.05) is 20.2 Å². The maximum absolute atomic E-state index is 11.7. The number of likely N-dealkylation sites (tertiary alicyclic amines) is 1. The number of nitrogens with zero attached hydrogens (tertiary/aromatic N) is 2. The number of hydrogen-bond acceptors (Lipinski definition) is 4. The van der Waals surface area contributed by atoms with Crippen LogP contribution in [0.25, 0.3) is 11.1 Å². The first-order valence-corrected chi connectivity index (χ1v) is 11.0. The molecule has 1 fully saturated rings. The fourth-order valence-corrected chi connectivity index (χ4v) is 4.56. The van der Waals surface area contributed by atoms with E-state index in [0.29, 0.717) is 5.58 Å². The Morgan fingerprint density at radius 2 is 1.81 bits per heavy atom. The Labute approximate surface area is 190 Å². The van der Waals surface area contributed by atoms with Crippen LogP contribution in [0.2, 0.25) is 0 Å². The van der Waals surface area contributed by atoms with Gasteiger partial charge in [-0.2, -0.15) is 0 Å². The second-order valence-corrected chi connectivity index (χ2v) is 8.63. The van der Waals surface area contributed by atoms with Gasteiger partial charge in [-0.15, -0.1) is 12.4 Å². The summed E-state index contributed by atoms with van der Waals surface area (Å²) < 4.78 is 12.8. The van der Waals surface area contributed by atoms with Crippen LogP contribution < -0.4 is 5.76 Å². The zero-order chi connectivity index (χ0) is 21.0. The number of rotatable bonds is 8. The lowest BCUT2D eigenvalue weighted by Crippen LogP contribution is -2.42. The third kappa shape index (κ3) is 5.59. The Hall–Kier alpha value is -2.08. The number of halogens is 1. The normalized spacial score (nSPS) is 16.3. The van der Waals surface area contributed by atoms with E-state index in [1.165, 1.54) is 17.5 Å². The first-order valence-electron chi connectivity index (χ1n) is 11.0. The Morgan fingerprint density at radius 1 is 1.06 bits per heavy atom. The number of fused-ring (bicyclic) bond motifs is 1. The van der Waals surface area contributed by atoms with E-state index >= 15 is 0 Å². The Balaban J connectivity index is 0.00000272. The highest BCUT2D eigenvalue weighted by Crippen LogP contribution is 2.37. The highest BCUT2D eigenvalue weighted by atomic mass is 35.5. The van der Waals surface area contributed by atoms with Crippen molar-refractivity contribution in [3.63, 3.8) is 0 Å². The molecule has 0 radical (unpaired) electrons. The molecule has 3 aromatic rings. The van der Waals surface area contributed by atoms with Gasteiger partial charge in [-0.25, -0.2) is 4.79 Å². The molecule has 0 amide bonds. The van der Waals surface area contributed by atoms with Crippen LogP contribution in [0, 0.1) is 5.41 Å². The van der Waals surface area contributed by atoms with E-state index in [-0.39, 0.29) is 23.6 Å². The zero-order valence-electron chi connectivity index (χ0n) is 18.5. The van der Waals surface area contributed by atoms with Gasteiger partial charge in [-0.05, 0) is 74.4 Å². The van der Waals surface area contributed by atoms with Crippen LogP contribution in [-0.4, -0.2) is 35.8 Å². The monoisotopic (exact) mass is 444 g/mol. The minimum Gasteiger partial charge on any atom is -0.408 e. The van der Waals surface area contributed by atoms with Crippen molar-refractivity contribution in [3.05, 3.63) is 70.2 Å². The van der Waals surface area contributed by atoms with Crippen LogP contribution in [0.5, 0.6) is 0 Å². The molecule has 1 aliphatic heterocycles. The molecular weight excluding hydrogens is 412 g/mol. The largest absolute Gasteiger partial charge is 0.419 e. The summed E-state index contributed by atoms with van der Waals surface area (Å²) in [6.45, 7) is 6.73. The van der Waals surface area contributed by atoms with Gasteiger partial charge in [0.1, 0.15) is 0 Å². The van der Waals surface area contributed by atoms with Gasteiger partial charge in [0.25, 0.3) is 0 Å². The SMILES string of the molecule is CCOCC1(CCc2ccccc2)CCN(Cc2ccc3c(c2)oc(=O)n3C)CC1.Cl. The molecule has 5 nitrogen and oxygen atoms in total. The predicted molar refractivity (Wildman–Crippen MR) is 127 cm³/mol. The molecule has 168 valence electrons. The van der Waals surface area contributed by atoms with E-state index in [2.05, 4.69) is 48.2 Å². The number of hydrogen-bond donors (Lipinski definition) is 0. The first kappa shape index (κ1) is 23.6. The van der Waals surface area contributed by atoms with Crippen LogP contribution in [0.3, 0.4) is 0 Å². The maximum atomic E-state index is 11.7. The molecule has 1 saturated heterocycles. The molecule has 0 spiro atoms. The number of benzene rings is 2. The summed E-state index contributed by atoms with van der Waals surface area (Å²) in [4.78, 5) is 14.2. The minimum absolute atomic E-state index is 0. The molecule has 0 N–H and O–H groups in total. The lowest BCUT2D eigenvalue weighted by Gasteiger charge is -2.42. The van der Waals surface area contributed by atoms with Crippen molar-refractivity contribution in [2.24, 2.45) is 12.5 Å². The van der Waals surface area contributed by atoms with Crippen molar-refractivity contribution in [2.75, 3.05) is 26.3 Å². The fraction of sp³-hybridized carbons (Fsp3) is 0.480. The summed E-state index contributed by atoms with van der Waals surface area (Å²) in [5, 5.41) is 0. The summed E-state index contributed by atoms with van der Waals surface area (Å²) in [5.74, 6) is -0.306. The third-order valence-electron chi connectivity index (χ3n) is 6.58. The average molecular weight is 445 g/mol. The molecule has 2 heterocycles. The smallest absolute Gasteiger partial charge is 0.408 e. The summed E-state index contributed by atoms with van der Waals surface area (Å²) in [6.07, 6.45) is 4.59. The van der Waals surface area contributed by atoms with Crippen molar-refractivity contribution >= 4 is 23.5 Å². The Kier molecular flexibility index (Phi) is 7.98. The Morgan fingerprint density at radius 3 is 2.52 bits per heavy atom. The standard InChI is InChI=1S/C25H32N2O3.ClH/c1-3-29-19-25(12-11-20-7-5-4-6-8-20)13-15-27(16-14-25)18-21-9-10-22-23(17-21)30-24(28)26(22)2;/h4-10,17H,3,11-16,18-19H2,1-2H3;1H. The molecule has 0 saturated carbocycles. The average Bonchev–Trinajstić information content (AvgIpc) is 3.06. The van der Waals surface area contributed by atoms with Gasteiger partial charge in [0.15, 0.2) is 5.58 Å². The molecule has 0 bridgehead atoms. The number of aromatic nitrogens is 1. The van der Waals surface area contributed by atoms with E-state index in [1.807, 2.05) is 12.1 Å². The Bertz CT molecular complexity index is 1020. The van der Waals surface area contributed by atoms with Crippen LogP contribution >= 0.6 is 12.4 Å². The van der Waals surface area contributed by atoms with Crippen LogP contribution in [0.15, 0.2) is 57.7 Å². The quantitative estimate of drug-likeness (QED) is 0.500. The van der Waals surface area contributed by atoms with Crippen molar-refractivity contribution in [3.8, 4) is 0 Å². The summed E-state index contributed by atoms with van der Waals surface area (Å²) >= 11 is 0. The zero-order valence-corrected chi connectivity index (χ0v) is 19.3. The summed E-state index contributed by atoms with van der Waals surface area (Å²) in [5.41, 5.74) is 4.38. The minimum atomic E-state index is -0.306. The molecule has 0 unspecified atom stereocenters. The van der Waals surface area contributed by atoms with Crippen LogP contribution in [-0.2, 0) is 24.8 Å². The molecular formula is C25H33ClN2O3. The highest BCUT2D eigenvalue weighted by Gasteiger charge is 2.34. The van der Waals surface area contributed by atoms with Gasteiger partial charge >= 0.3 is 5.76 Å². The number of ether oxygens (including phenoxy) is 1. The summed E-state index contributed by atoms with van der Waals surface area (Å²) in [6, 6.07) is 16.9. The molecule has 1 aliphatic rings. The topological polar surface area (TPSA) is 47.6 Å². The van der Waals surface area contributed by atoms with Gasteiger partial charge in [-0.1, -0.05) is 36.4 Å². The fourth-order valence-electron chi connectivity index (χ4n) is 4.56. The number of aryl methyl sites for hydroxylation is 2. The lowest BCUT2D eigenvalue weighted by molar-refractivity contribution is -0.00231. The molecule has 2 aromatic carbocycles. The maximum Gasteiger partial charge on any atom is 0.419 e. The van der Waals surface area contributed by atoms with Crippen molar-refractivity contribution in [2.45, 2.75) is 39.2 Å². The third-order valence-corrected chi connectivity index (χ3v) is 6.58. The second kappa shape index (κ2) is 10.5. The van der Waals surface area contributed by atoms with E-state index in [9.17, 15) is 4.79 Å². The van der Waals surface area contributed by atoms with E-state index in [0.717, 1.165) is 57.6 Å². The van der Waals surface area contributed by atoms with Crippen LogP contribution in [0.4, 0.5) is 0 Å². The first-order chi connectivity index (χ1) is 14.6. The predicted octanol–water partition coefficient (Wildman–Crippen LogP) is 4.80. The molecule has 0 aliphatic carbocycles. The molecule has 4 rings (SSSR count). The molecule has 31 heavy (non-hydrogen) atoms. The molecule has 6 heteroatoms. The second-order valence-electron chi connectivity index (χ2n) is 8.63. The van der Waals surface area contributed by atoms with Crippen molar-refractivity contribution < 1.29 is 9.15 Å². The van der Waals surface area contributed by atoms with Gasteiger partial charge < -0.3 is 9.15 Å². The van der Waals surface area contributed by atoms with Gasteiger partial charge in [0.05, 0.1) is 12.1 Å². The lowest BCUT2D eigenvalue weighted by atomic mass is 9.74. The highest BCUT2D eigenvalue weighted by molar-refractivity contribution is 5.85. The van der Waals surface area contributed by atoms with Crippen molar-refractivity contribution in [1.82, 2.24) is 9.47 Å². The van der Waals surface area contributed by atoms with Crippen molar-refractivity contribution in [1.29, 1.82) is 0 Å². The van der Waals surface area contributed by atoms with E-state index in [1.54, 1.807) is 11.6 Å². The van der Waals surface area contributed by atoms with Gasteiger partial charge in [0.2, 0.25) is 0 Å². The number of piperidine rings is 1. The summed E-state index contributed by atoms with van der Waals surface area (Å²) in [7, 11) is 1.74. The van der Waals surface area contributed by atoms with Crippen LogP contribution in [0.1, 0.15) is 37.3 Å². The number of oxazole rings is 1. The molecule has 0 atom stereocenters. The van der Waals surface area contributed by atoms with E-state index in [4.69, 9.17) is 9.15 Å². The van der Waals surface area contributed by atoms with Gasteiger partial charge in [-0.3, -0.25) is 9.47 Å². The van der Waals surface area contributed by atoms with E-state index < -0.39 is 0 Å². The molecule has 1 aromatic heterocycles.